The van der Waals surface area contributed by atoms with E-state index in [9.17, 15) is 9.59 Å². The number of rotatable bonds is 3. The van der Waals surface area contributed by atoms with Crippen LogP contribution in [0.1, 0.15) is 42.5 Å². The standard InChI is InChI=1S/C15H18O4/c1-18-14(16)12-7-9-13(10-8-12)19-15(17)11-5-3-2-4-6-11/h7-11H,2-6H2,1H3. The molecule has 0 spiro atoms. The lowest BCUT2D eigenvalue weighted by Gasteiger charge is -2.19. The Morgan fingerprint density at radius 3 is 2.26 bits per heavy atom. The molecule has 4 heteroatoms. The molecule has 0 saturated heterocycles. The Kier molecular flexibility index (Phi) is 4.55. The molecular formula is C15H18O4. The predicted molar refractivity (Wildman–Crippen MR) is 70.0 cm³/mol. The Morgan fingerprint density at radius 2 is 1.68 bits per heavy atom. The van der Waals surface area contributed by atoms with Gasteiger partial charge in [0.25, 0.3) is 0 Å². The van der Waals surface area contributed by atoms with Gasteiger partial charge in [0, 0.05) is 0 Å². The minimum Gasteiger partial charge on any atom is -0.465 e. The van der Waals surface area contributed by atoms with E-state index in [1.165, 1.54) is 13.5 Å². The van der Waals surface area contributed by atoms with Gasteiger partial charge in [-0.1, -0.05) is 19.3 Å². The summed E-state index contributed by atoms with van der Waals surface area (Å²) in [5.41, 5.74) is 0.444. The molecule has 1 aliphatic rings. The monoisotopic (exact) mass is 262 g/mol. The minimum atomic E-state index is -0.398. The Balaban J connectivity index is 1.95. The number of methoxy groups -OCH3 is 1. The second kappa shape index (κ2) is 6.36. The second-order valence-electron chi connectivity index (χ2n) is 4.77. The molecule has 0 unspecified atom stereocenters. The first-order valence-corrected chi connectivity index (χ1v) is 6.61. The van der Waals surface area contributed by atoms with Crippen molar-refractivity contribution in [1.82, 2.24) is 0 Å². The summed E-state index contributed by atoms with van der Waals surface area (Å²) in [6, 6.07) is 6.42. The van der Waals surface area contributed by atoms with Crippen LogP contribution in [0, 0.1) is 5.92 Å². The molecule has 0 aliphatic heterocycles. The molecule has 102 valence electrons. The highest BCUT2D eigenvalue weighted by atomic mass is 16.5. The molecule has 1 aliphatic carbocycles. The first-order valence-electron chi connectivity index (χ1n) is 6.61. The van der Waals surface area contributed by atoms with Gasteiger partial charge in [-0.2, -0.15) is 0 Å². The van der Waals surface area contributed by atoms with E-state index in [1.807, 2.05) is 0 Å². The van der Waals surface area contributed by atoms with Crippen LogP contribution in [0.25, 0.3) is 0 Å². The Morgan fingerprint density at radius 1 is 1.05 bits per heavy atom. The van der Waals surface area contributed by atoms with Gasteiger partial charge in [-0.3, -0.25) is 4.79 Å². The zero-order valence-corrected chi connectivity index (χ0v) is 11.1. The third-order valence-electron chi connectivity index (χ3n) is 3.43. The van der Waals surface area contributed by atoms with Gasteiger partial charge in [-0.05, 0) is 37.1 Å². The van der Waals surface area contributed by atoms with Crippen molar-refractivity contribution in [2.24, 2.45) is 5.92 Å². The van der Waals surface area contributed by atoms with Crippen LogP contribution >= 0.6 is 0 Å². The largest absolute Gasteiger partial charge is 0.465 e. The number of ether oxygens (including phenoxy) is 2. The van der Waals surface area contributed by atoms with Crippen molar-refractivity contribution in [1.29, 1.82) is 0 Å². The van der Waals surface area contributed by atoms with Crippen molar-refractivity contribution >= 4 is 11.9 Å². The van der Waals surface area contributed by atoms with Crippen LogP contribution in [-0.4, -0.2) is 19.0 Å². The van der Waals surface area contributed by atoms with Crippen LogP contribution in [0.5, 0.6) is 5.75 Å². The van der Waals surface area contributed by atoms with Crippen molar-refractivity contribution in [2.75, 3.05) is 7.11 Å². The van der Waals surface area contributed by atoms with Crippen LogP contribution in [-0.2, 0) is 9.53 Å². The normalized spacial score (nSPS) is 15.8. The van der Waals surface area contributed by atoms with Gasteiger partial charge >= 0.3 is 11.9 Å². The van der Waals surface area contributed by atoms with Gasteiger partial charge in [-0.25, -0.2) is 4.79 Å². The minimum absolute atomic E-state index is 0.0223. The number of esters is 2. The Hall–Kier alpha value is -1.84. The zero-order chi connectivity index (χ0) is 13.7. The van der Waals surface area contributed by atoms with Crippen molar-refractivity contribution in [3.8, 4) is 5.75 Å². The van der Waals surface area contributed by atoms with E-state index >= 15 is 0 Å². The molecule has 1 aromatic carbocycles. The zero-order valence-electron chi connectivity index (χ0n) is 11.1. The molecule has 0 amide bonds. The van der Waals surface area contributed by atoms with Crippen LogP contribution in [0.15, 0.2) is 24.3 Å². The summed E-state index contributed by atoms with van der Waals surface area (Å²) in [6.45, 7) is 0. The van der Waals surface area contributed by atoms with Gasteiger partial charge in [0.2, 0.25) is 0 Å². The van der Waals surface area contributed by atoms with Crippen LogP contribution < -0.4 is 4.74 Å². The third-order valence-corrected chi connectivity index (χ3v) is 3.43. The average Bonchev–Trinajstić information content (AvgIpc) is 2.48. The van der Waals surface area contributed by atoms with E-state index < -0.39 is 5.97 Å². The molecule has 0 N–H and O–H groups in total. The maximum Gasteiger partial charge on any atom is 0.337 e. The first-order chi connectivity index (χ1) is 9.20. The fourth-order valence-electron chi connectivity index (χ4n) is 2.31. The van der Waals surface area contributed by atoms with Crippen molar-refractivity contribution < 1.29 is 19.1 Å². The quantitative estimate of drug-likeness (QED) is 0.620. The van der Waals surface area contributed by atoms with E-state index in [1.54, 1.807) is 24.3 Å². The third kappa shape index (κ3) is 3.56. The lowest BCUT2D eigenvalue weighted by atomic mass is 9.89. The molecule has 0 atom stereocenters. The molecule has 0 aromatic heterocycles. The molecule has 0 heterocycles. The van der Waals surface area contributed by atoms with Gasteiger partial charge in [0.05, 0.1) is 18.6 Å². The van der Waals surface area contributed by atoms with E-state index in [0.29, 0.717) is 11.3 Å². The first kappa shape index (κ1) is 13.6. The maximum absolute atomic E-state index is 11.9. The molecule has 4 nitrogen and oxygen atoms in total. The fraction of sp³-hybridized carbons (Fsp3) is 0.467. The summed E-state index contributed by atoms with van der Waals surface area (Å²) in [6.07, 6.45) is 5.23. The summed E-state index contributed by atoms with van der Waals surface area (Å²) >= 11 is 0. The summed E-state index contributed by atoms with van der Waals surface area (Å²) in [7, 11) is 1.33. The van der Waals surface area contributed by atoms with Crippen molar-refractivity contribution in [2.45, 2.75) is 32.1 Å². The van der Waals surface area contributed by atoms with E-state index in [-0.39, 0.29) is 11.9 Å². The molecule has 1 fully saturated rings. The molecule has 19 heavy (non-hydrogen) atoms. The average molecular weight is 262 g/mol. The SMILES string of the molecule is COC(=O)c1ccc(OC(=O)C2CCCCC2)cc1. The van der Waals surface area contributed by atoms with Gasteiger partial charge < -0.3 is 9.47 Å². The van der Waals surface area contributed by atoms with Gasteiger partial charge in [0.1, 0.15) is 5.75 Å². The molecule has 0 bridgehead atoms. The van der Waals surface area contributed by atoms with Crippen LogP contribution in [0.3, 0.4) is 0 Å². The molecule has 0 radical (unpaired) electrons. The van der Waals surface area contributed by atoms with Gasteiger partial charge in [-0.15, -0.1) is 0 Å². The fourth-order valence-corrected chi connectivity index (χ4v) is 2.31. The molecule has 1 aromatic rings. The Bertz CT molecular complexity index is 444. The predicted octanol–water partition coefficient (Wildman–Crippen LogP) is 2.96. The second-order valence-corrected chi connectivity index (χ2v) is 4.77. The summed E-state index contributed by atoms with van der Waals surface area (Å²) in [5.74, 6) is -0.0621. The summed E-state index contributed by atoms with van der Waals surface area (Å²) in [5, 5.41) is 0. The molecular weight excluding hydrogens is 244 g/mol. The molecule has 2 rings (SSSR count). The number of carbonyl (C=O) groups excluding carboxylic acids is 2. The summed E-state index contributed by atoms with van der Waals surface area (Å²) in [4.78, 5) is 23.2. The number of benzene rings is 1. The number of hydrogen-bond donors (Lipinski definition) is 0. The van der Waals surface area contributed by atoms with E-state index in [2.05, 4.69) is 4.74 Å². The highest BCUT2D eigenvalue weighted by Gasteiger charge is 2.22. The van der Waals surface area contributed by atoms with E-state index in [4.69, 9.17) is 4.74 Å². The highest BCUT2D eigenvalue weighted by Crippen LogP contribution is 2.25. The Labute approximate surface area is 112 Å². The number of carbonyl (C=O) groups is 2. The summed E-state index contributed by atoms with van der Waals surface area (Å²) < 4.78 is 9.94. The maximum atomic E-state index is 11.9. The highest BCUT2D eigenvalue weighted by molar-refractivity contribution is 5.89. The van der Waals surface area contributed by atoms with Gasteiger partial charge in [0.15, 0.2) is 0 Å². The van der Waals surface area contributed by atoms with Crippen LogP contribution in [0.4, 0.5) is 0 Å². The van der Waals surface area contributed by atoms with Crippen molar-refractivity contribution in [3.05, 3.63) is 29.8 Å². The lowest BCUT2D eigenvalue weighted by molar-refractivity contribution is -0.139. The smallest absolute Gasteiger partial charge is 0.337 e. The van der Waals surface area contributed by atoms with Crippen molar-refractivity contribution in [3.63, 3.8) is 0 Å². The van der Waals surface area contributed by atoms with E-state index in [0.717, 1.165) is 25.7 Å². The lowest BCUT2D eigenvalue weighted by Crippen LogP contribution is -2.22. The topological polar surface area (TPSA) is 52.6 Å². The van der Waals surface area contributed by atoms with Crippen LogP contribution in [0.2, 0.25) is 0 Å². The number of hydrogen-bond acceptors (Lipinski definition) is 4. The molecule has 1 saturated carbocycles.